The Balaban J connectivity index is 0.000000316. The number of benzene rings is 2. The third kappa shape index (κ3) is 4.99. The van der Waals surface area contributed by atoms with E-state index in [9.17, 15) is 9.50 Å². The summed E-state index contributed by atoms with van der Waals surface area (Å²) in [6.07, 6.45) is 0. The molecule has 1 heterocycles. The van der Waals surface area contributed by atoms with Crippen molar-refractivity contribution < 1.29 is 9.50 Å². The van der Waals surface area contributed by atoms with Gasteiger partial charge in [0.25, 0.3) is 0 Å². The van der Waals surface area contributed by atoms with Crippen LogP contribution in [0.4, 0.5) is 4.39 Å². The van der Waals surface area contributed by atoms with E-state index in [4.69, 9.17) is 5.26 Å². The van der Waals surface area contributed by atoms with Crippen LogP contribution in [0.3, 0.4) is 0 Å². The highest BCUT2D eigenvalue weighted by Crippen LogP contribution is 2.33. The van der Waals surface area contributed by atoms with Crippen molar-refractivity contribution in [1.29, 1.82) is 5.26 Å². The van der Waals surface area contributed by atoms with E-state index in [0.29, 0.717) is 20.7 Å². The molecule has 126 valence electrons. The van der Waals surface area contributed by atoms with Crippen LogP contribution in [-0.4, -0.2) is 10.1 Å². The number of halogens is 2. The first kappa shape index (κ1) is 18.8. The fourth-order valence-corrected chi connectivity index (χ4v) is 3.32. The van der Waals surface area contributed by atoms with Gasteiger partial charge in [-0.05, 0) is 35.0 Å². The van der Waals surface area contributed by atoms with Crippen LogP contribution >= 0.6 is 27.3 Å². The van der Waals surface area contributed by atoms with Crippen LogP contribution in [0, 0.1) is 17.1 Å². The van der Waals surface area contributed by atoms with Gasteiger partial charge in [0.15, 0.2) is 0 Å². The lowest BCUT2D eigenvalue weighted by molar-refractivity contribution is 0.418. The number of hydrogen-bond acceptors (Lipinski definition) is 4. The van der Waals surface area contributed by atoms with Gasteiger partial charge in [-0.25, -0.2) is 9.37 Å². The first-order valence-electron chi connectivity index (χ1n) is 7.24. The zero-order chi connectivity index (χ0) is 18.2. The van der Waals surface area contributed by atoms with Crippen molar-refractivity contribution in [3.8, 4) is 17.3 Å². The second-order valence-electron chi connectivity index (χ2n) is 4.86. The summed E-state index contributed by atoms with van der Waals surface area (Å²) in [6, 6.07) is 18.5. The smallest absolute Gasteiger partial charge is 0.138 e. The van der Waals surface area contributed by atoms with Crippen molar-refractivity contribution in [2.24, 2.45) is 0 Å². The summed E-state index contributed by atoms with van der Waals surface area (Å²) in [5.41, 5.74) is 0.876. The number of hydrogen-bond donors (Lipinski definition) is 1. The lowest BCUT2D eigenvalue weighted by Gasteiger charge is -2.02. The first-order valence-corrected chi connectivity index (χ1v) is 8.92. The first-order chi connectivity index (χ1) is 12.0. The summed E-state index contributed by atoms with van der Waals surface area (Å²) in [5, 5.41) is 20.4. The van der Waals surface area contributed by atoms with Crippen molar-refractivity contribution in [1.82, 2.24) is 4.98 Å². The highest BCUT2D eigenvalue weighted by Gasteiger charge is 2.15. The topological polar surface area (TPSA) is 56.9 Å². The molecule has 25 heavy (non-hydrogen) atoms. The van der Waals surface area contributed by atoms with E-state index in [1.165, 1.54) is 24.3 Å². The molecule has 0 unspecified atom stereocenters. The summed E-state index contributed by atoms with van der Waals surface area (Å²) in [4.78, 5) is 4.20. The standard InChI is InChI=1S/C13H8BrFN2OS.C6H6/c1-7(18)8(5-16)13-17-11(6-19-13)12-9(14)3-2-4-10(12)15;1-2-4-6-5-3-1/h2-4,6,18H,1H3;1-6H/b8-7-;. The maximum Gasteiger partial charge on any atom is 0.138 e. The molecule has 0 saturated carbocycles. The van der Waals surface area contributed by atoms with E-state index in [1.807, 2.05) is 42.5 Å². The van der Waals surface area contributed by atoms with Gasteiger partial charge in [0, 0.05) is 9.85 Å². The molecule has 0 spiro atoms. The number of nitriles is 1. The highest BCUT2D eigenvalue weighted by atomic mass is 79.9. The zero-order valence-electron chi connectivity index (χ0n) is 13.3. The summed E-state index contributed by atoms with van der Waals surface area (Å²) in [6.45, 7) is 1.42. The molecule has 3 aromatic rings. The van der Waals surface area contributed by atoms with Gasteiger partial charge in [-0.15, -0.1) is 11.3 Å². The maximum atomic E-state index is 13.8. The Hall–Kier alpha value is -2.49. The molecule has 1 N–H and O–H groups in total. The minimum Gasteiger partial charge on any atom is -0.511 e. The van der Waals surface area contributed by atoms with Crippen LogP contribution < -0.4 is 0 Å². The Labute approximate surface area is 157 Å². The van der Waals surface area contributed by atoms with Gasteiger partial charge in [-0.3, -0.25) is 0 Å². The average Bonchev–Trinajstić information content (AvgIpc) is 3.06. The fraction of sp³-hybridized carbons (Fsp3) is 0.0526. The predicted molar refractivity (Wildman–Crippen MR) is 102 cm³/mol. The minimum absolute atomic E-state index is 0.101. The van der Waals surface area contributed by atoms with E-state index < -0.39 is 5.82 Å². The van der Waals surface area contributed by atoms with Crippen LogP contribution in [0.5, 0.6) is 0 Å². The second-order valence-corrected chi connectivity index (χ2v) is 6.57. The summed E-state index contributed by atoms with van der Waals surface area (Å²) < 4.78 is 14.4. The molecule has 3 rings (SSSR count). The van der Waals surface area contributed by atoms with Crippen molar-refractivity contribution in [3.05, 3.63) is 81.0 Å². The number of aromatic nitrogens is 1. The molecule has 1 aromatic heterocycles. The Bertz CT molecular complexity index is 866. The van der Waals surface area contributed by atoms with Crippen LogP contribution in [0.25, 0.3) is 16.8 Å². The molecule has 0 aliphatic rings. The van der Waals surface area contributed by atoms with Gasteiger partial charge in [0.1, 0.15) is 28.2 Å². The third-order valence-electron chi connectivity index (χ3n) is 3.08. The molecule has 0 saturated heterocycles. The van der Waals surface area contributed by atoms with Crippen molar-refractivity contribution in [2.45, 2.75) is 6.92 Å². The minimum atomic E-state index is -0.394. The Morgan fingerprint density at radius 3 is 2.24 bits per heavy atom. The van der Waals surface area contributed by atoms with E-state index in [0.717, 1.165) is 0 Å². The van der Waals surface area contributed by atoms with Gasteiger partial charge < -0.3 is 5.11 Å². The number of thiazole rings is 1. The molecule has 0 aliphatic heterocycles. The zero-order valence-corrected chi connectivity index (χ0v) is 15.7. The number of aliphatic hydroxyl groups is 1. The van der Waals surface area contributed by atoms with Crippen LogP contribution in [0.2, 0.25) is 0 Å². The molecule has 0 amide bonds. The largest absolute Gasteiger partial charge is 0.511 e. The van der Waals surface area contributed by atoms with E-state index in [2.05, 4.69) is 20.9 Å². The van der Waals surface area contributed by atoms with Crippen molar-refractivity contribution >= 4 is 32.8 Å². The summed E-state index contributed by atoms with van der Waals surface area (Å²) in [5.74, 6) is -0.495. The quantitative estimate of drug-likeness (QED) is 0.398. The molecule has 0 fully saturated rings. The van der Waals surface area contributed by atoms with Gasteiger partial charge in [-0.1, -0.05) is 42.5 Å². The fourth-order valence-electron chi connectivity index (χ4n) is 1.91. The third-order valence-corrected chi connectivity index (χ3v) is 4.60. The summed E-state index contributed by atoms with van der Waals surface area (Å²) in [7, 11) is 0. The van der Waals surface area contributed by atoms with E-state index >= 15 is 0 Å². The van der Waals surface area contributed by atoms with Crippen molar-refractivity contribution in [3.63, 3.8) is 0 Å². The lowest BCUT2D eigenvalue weighted by atomic mass is 10.1. The number of allylic oxidation sites excluding steroid dienone is 2. The molecule has 0 radical (unpaired) electrons. The molecular formula is C19H14BrFN2OS. The van der Waals surface area contributed by atoms with Crippen molar-refractivity contribution in [2.75, 3.05) is 0 Å². The van der Waals surface area contributed by atoms with Crippen LogP contribution in [0.15, 0.2) is 70.2 Å². The SMILES string of the molecule is C/C(O)=C(\C#N)c1nc(-c2c(F)cccc2Br)cs1.c1ccccc1. The van der Waals surface area contributed by atoms with Gasteiger partial charge in [0.2, 0.25) is 0 Å². The molecule has 2 aromatic carbocycles. The van der Waals surface area contributed by atoms with Gasteiger partial charge in [0.05, 0.1) is 11.3 Å². The Morgan fingerprint density at radius 1 is 1.16 bits per heavy atom. The molecule has 0 aliphatic carbocycles. The number of rotatable bonds is 2. The molecule has 6 heteroatoms. The maximum absolute atomic E-state index is 13.8. The normalized spacial score (nSPS) is 11.0. The summed E-state index contributed by atoms with van der Waals surface area (Å²) >= 11 is 4.46. The molecule has 3 nitrogen and oxygen atoms in total. The average molecular weight is 417 g/mol. The lowest BCUT2D eigenvalue weighted by Crippen LogP contribution is -1.89. The monoisotopic (exact) mass is 416 g/mol. The van der Waals surface area contributed by atoms with Gasteiger partial charge in [-0.2, -0.15) is 5.26 Å². The van der Waals surface area contributed by atoms with E-state index in [-0.39, 0.29) is 11.3 Å². The Morgan fingerprint density at radius 2 is 1.76 bits per heavy atom. The molecule has 0 atom stereocenters. The number of nitrogens with zero attached hydrogens (tertiary/aromatic N) is 2. The Kier molecular flexibility index (Phi) is 6.87. The second kappa shape index (κ2) is 9.11. The van der Waals surface area contributed by atoms with Crippen LogP contribution in [-0.2, 0) is 0 Å². The van der Waals surface area contributed by atoms with Gasteiger partial charge >= 0.3 is 0 Å². The molecule has 0 bridgehead atoms. The number of aliphatic hydroxyl groups excluding tert-OH is 1. The van der Waals surface area contributed by atoms with E-state index in [1.54, 1.807) is 17.5 Å². The molecular weight excluding hydrogens is 403 g/mol. The highest BCUT2D eigenvalue weighted by molar-refractivity contribution is 9.10. The van der Waals surface area contributed by atoms with Crippen LogP contribution in [0.1, 0.15) is 11.9 Å². The predicted octanol–water partition coefficient (Wildman–Crippen LogP) is 6.21.